The molecule has 6 heteroatoms. The van der Waals surface area contributed by atoms with E-state index in [9.17, 15) is 13.2 Å². The van der Waals surface area contributed by atoms with Crippen LogP contribution in [0.5, 0.6) is 0 Å². The van der Waals surface area contributed by atoms with Gasteiger partial charge in [-0.25, -0.2) is 8.42 Å². The van der Waals surface area contributed by atoms with Crippen molar-refractivity contribution in [2.24, 2.45) is 0 Å². The normalized spacial score (nSPS) is 13.1. The summed E-state index contributed by atoms with van der Waals surface area (Å²) < 4.78 is 25.4. The smallest absolute Gasteiger partial charge is 0.266 e. The van der Waals surface area contributed by atoms with Crippen LogP contribution in [0.2, 0.25) is 0 Å². The summed E-state index contributed by atoms with van der Waals surface area (Å²) in [4.78, 5) is 14.4. The van der Waals surface area contributed by atoms with Crippen molar-refractivity contribution >= 4 is 26.7 Å². The predicted molar refractivity (Wildman–Crippen MR) is 95.6 cm³/mol. The van der Waals surface area contributed by atoms with E-state index in [4.69, 9.17) is 0 Å². The van der Waals surface area contributed by atoms with E-state index in [2.05, 4.69) is 10.3 Å². The van der Waals surface area contributed by atoms with Crippen LogP contribution in [0, 0.1) is 0 Å². The van der Waals surface area contributed by atoms with E-state index in [-0.39, 0.29) is 4.90 Å². The van der Waals surface area contributed by atoms with Crippen LogP contribution in [0.15, 0.2) is 65.6 Å². The molecule has 25 heavy (non-hydrogen) atoms. The molecule has 1 amide bonds. The lowest BCUT2D eigenvalue weighted by Gasteiger charge is -2.12. The van der Waals surface area contributed by atoms with Gasteiger partial charge >= 0.3 is 0 Å². The second-order valence-electron chi connectivity index (χ2n) is 5.99. The fraction of sp³-hybridized carbons (Fsp3) is 0.105. The number of carbonyl (C=O) groups excluding carboxylic acids is 1. The van der Waals surface area contributed by atoms with Crippen LogP contribution in [-0.2, 0) is 22.9 Å². The van der Waals surface area contributed by atoms with E-state index in [0.717, 1.165) is 29.4 Å². The largest absolute Gasteiger partial charge is 0.273 e. The van der Waals surface area contributed by atoms with Gasteiger partial charge in [0.15, 0.2) is 0 Å². The number of benzene rings is 3. The number of rotatable bonds is 4. The Morgan fingerprint density at radius 1 is 0.840 bits per heavy atom. The van der Waals surface area contributed by atoms with Gasteiger partial charge in [-0.1, -0.05) is 42.5 Å². The predicted octanol–water partition coefficient (Wildman–Crippen LogP) is 2.56. The SMILES string of the molecule is O=C(NNS(=O)(=O)c1ccc2c3c(cccc13)CC2)c1ccccc1. The Morgan fingerprint density at radius 3 is 2.32 bits per heavy atom. The first-order chi connectivity index (χ1) is 12.1. The van der Waals surface area contributed by atoms with Gasteiger partial charge in [0.1, 0.15) is 0 Å². The molecular weight excluding hydrogens is 336 g/mol. The maximum Gasteiger partial charge on any atom is 0.266 e. The average Bonchev–Trinajstić information content (AvgIpc) is 3.06. The Hall–Kier alpha value is -2.70. The lowest BCUT2D eigenvalue weighted by Crippen LogP contribution is -2.41. The van der Waals surface area contributed by atoms with Gasteiger partial charge in [0.2, 0.25) is 0 Å². The van der Waals surface area contributed by atoms with Crippen LogP contribution >= 0.6 is 0 Å². The second-order valence-corrected chi connectivity index (χ2v) is 7.64. The summed E-state index contributed by atoms with van der Waals surface area (Å²) >= 11 is 0. The van der Waals surface area contributed by atoms with E-state index in [0.29, 0.717) is 10.9 Å². The van der Waals surface area contributed by atoms with Crippen LogP contribution in [0.4, 0.5) is 0 Å². The molecular formula is C19H16N2O3S. The van der Waals surface area contributed by atoms with E-state index in [1.54, 1.807) is 42.5 Å². The minimum atomic E-state index is -3.88. The van der Waals surface area contributed by atoms with Crippen LogP contribution in [-0.4, -0.2) is 14.3 Å². The molecule has 0 spiro atoms. The minimum absolute atomic E-state index is 0.170. The fourth-order valence-corrected chi connectivity index (χ4v) is 4.33. The number of hydrogen-bond acceptors (Lipinski definition) is 3. The topological polar surface area (TPSA) is 75.3 Å². The van der Waals surface area contributed by atoms with E-state index < -0.39 is 15.9 Å². The molecule has 0 unspecified atom stereocenters. The van der Waals surface area contributed by atoms with Crippen LogP contribution in [0.3, 0.4) is 0 Å². The van der Waals surface area contributed by atoms with Gasteiger partial charge in [0.25, 0.3) is 15.9 Å². The first-order valence-corrected chi connectivity index (χ1v) is 9.45. The molecule has 1 aliphatic rings. The summed E-state index contributed by atoms with van der Waals surface area (Å²) in [6, 6.07) is 17.6. The molecule has 0 fully saturated rings. The van der Waals surface area contributed by atoms with Crippen molar-refractivity contribution in [3.8, 4) is 0 Å². The number of aryl methyl sites for hydroxylation is 2. The van der Waals surface area contributed by atoms with Crippen molar-refractivity contribution in [1.82, 2.24) is 10.3 Å². The first kappa shape index (κ1) is 15.8. The third-order valence-electron chi connectivity index (χ3n) is 4.46. The molecule has 5 nitrogen and oxygen atoms in total. The minimum Gasteiger partial charge on any atom is -0.273 e. The lowest BCUT2D eigenvalue weighted by atomic mass is 10.1. The van der Waals surface area contributed by atoms with E-state index in [1.807, 2.05) is 18.2 Å². The fourth-order valence-electron chi connectivity index (χ4n) is 3.28. The molecule has 4 rings (SSSR count). The van der Waals surface area contributed by atoms with Crippen molar-refractivity contribution in [1.29, 1.82) is 0 Å². The maximum absolute atomic E-state index is 12.7. The van der Waals surface area contributed by atoms with Crippen LogP contribution in [0.1, 0.15) is 21.5 Å². The number of carbonyl (C=O) groups is 1. The summed E-state index contributed by atoms with van der Waals surface area (Å²) in [7, 11) is -3.88. The standard InChI is InChI=1S/C19H16N2O3S/c22-19(15-5-2-1-3-6-15)20-21-25(23,24)17-12-11-14-10-9-13-7-4-8-16(17)18(13)14/h1-8,11-12,21H,9-10H2,(H,20,22). The zero-order valence-electron chi connectivity index (χ0n) is 13.3. The van der Waals surface area contributed by atoms with Gasteiger partial charge in [-0.15, -0.1) is 4.83 Å². The highest BCUT2D eigenvalue weighted by Crippen LogP contribution is 2.34. The van der Waals surface area contributed by atoms with Gasteiger partial charge in [-0.05, 0) is 47.6 Å². The highest BCUT2D eigenvalue weighted by molar-refractivity contribution is 7.89. The zero-order chi connectivity index (χ0) is 17.4. The highest BCUT2D eigenvalue weighted by Gasteiger charge is 2.23. The number of sulfonamides is 1. The molecule has 126 valence electrons. The van der Waals surface area contributed by atoms with Gasteiger partial charge in [0.05, 0.1) is 4.90 Å². The highest BCUT2D eigenvalue weighted by atomic mass is 32.2. The van der Waals surface area contributed by atoms with Crippen molar-refractivity contribution < 1.29 is 13.2 Å². The van der Waals surface area contributed by atoms with Gasteiger partial charge < -0.3 is 0 Å². The molecule has 3 aromatic rings. The van der Waals surface area contributed by atoms with Crippen molar-refractivity contribution in [3.63, 3.8) is 0 Å². The Bertz CT molecular complexity index is 1070. The van der Waals surface area contributed by atoms with E-state index >= 15 is 0 Å². The van der Waals surface area contributed by atoms with Gasteiger partial charge in [-0.2, -0.15) is 0 Å². The average molecular weight is 352 g/mol. The quantitative estimate of drug-likeness (QED) is 0.709. The Labute approximate surface area is 145 Å². The summed E-state index contributed by atoms with van der Waals surface area (Å²) in [5, 5.41) is 1.70. The summed E-state index contributed by atoms with van der Waals surface area (Å²) in [6.07, 6.45) is 1.85. The lowest BCUT2D eigenvalue weighted by molar-refractivity contribution is 0.0945. The Balaban J connectivity index is 1.66. The summed E-state index contributed by atoms with van der Waals surface area (Å²) in [6.45, 7) is 0. The monoisotopic (exact) mass is 352 g/mol. The number of amides is 1. The molecule has 0 heterocycles. The molecule has 1 aliphatic carbocycles. The molecule has 0 radical (unpaired) electrons. The number of hydrogen-bond donors (Lipinski definition) is 2. The number of hydrazine groups is 1. The molecule has 0 bridgehead atoms. The molecule has 0 saturated heterocycles. The third kappa shape index (κ3) is 2.79. The van der Waals surface area contributed by atoms with Gasteiger partial charge in [0, 0.05) is 10.9 Å². The van der Waals surface area contributed by atoms with Crippen LogP contribution < -0.4 is 10.3 Å². The van der Waals surface area contributed by atoms with Crippen molar-refractivity contribution in [3.05, 3.63) is 77.4 Å². The van der Waals surface area contributed by atoms with Crippen LogP contribution in [0.25, 0.3) is 10.8 Å². The summed E-state index contributed by atoms with van der Waals surface area (Å²) in [5.41, 5.74) is 4.98. The molecule has 2 N–H and O–H groups in total. The van der Waals surface area contributed by atoms with Crippen molar-refractivity contribution in [2.45, 2.75) is 17.7 Å². The zero-order valence-corrected chi connectivity index (χ0v) is 14.1. The van der Waals surface area contributed by atoms with E-state index in [1.165, 1.54) is 0 Å². The molecule has 0 aromatic heterocycles. The molecule has 3 aromatic carbocycles. The van der Waals surface area contributed by atoms with Gasteiger partial charge in [-0.3, -0.25) is 10.2 Å². The second kappa shape index (κ2) is 5.98. The third-order valence-corrected chi connectivity index (χ3v) is 5.77. The maximum atomic E-state index is 12.7. The molecule has 0 aliphatic heterocycles. The Morgan fingerprint density at radius 2 is 1.56 bits per heavy atom. The number of nitrogens with one attached hydrogen (secondary N) is 2. The first-order valence-electron chi connectivity index (χ1n) is 7.97. The Kier molecular flexibility index (Phi) is 3.78. The molecule has 0 atom stereocenters. The van der Waals surface area contributed by atoms with Crippen molar-refractivity contribution in [2.75, 3.05) is 0 Å². The summed E-state index contributed by atoms with van der Waals surface area (Å²) in [5.74, 6) is -0.505. The molecule has 0 saturated carbocycles.